The zero-order valence-electron chi connectivity index (χ0n) is 21.3. The molecule has 3 fully saturated rings. The van der Waals surface area contributed by atoms with E-state index in [0.29, 0.717) is 23.7 Å². The van der Waals surface area contributed by atoms with Crippen LogP contribution < -0.4 is 9.64 Å². The van der Waals surface area contributed by atoms with Gasteiger partial charge in [0.1, 0.15) is 17.7 Å². The average molecular weight is 554 g/mol. The number of amides is 1. The molecule has 1 amide bonds. The molecule has 10 nitrogen and oxygen atoms in total. The lowest BCUT2D eigenvalue weighted by molar-refractivity contribution is -0.274. The molecule has 6 rings (SSSR count). The Hall–Kier alpha value is -3.55. The maximum absolute atomic E-state index is 13.5. The second kappa shape index (κ2) is 9.33. The lowest BCUT2D eigenvalue weighted by atomic mass is 9.88. The Morgan fingerprint density at radius 3 is 2.53 bits per heavy atom. The van der Waals surface area contributed by atoms with Crippen LogP contribution in [0, 0.1) is 0 Å². The van der Waals surface area contributed by atoms with Crippen molar-refractivity contribution in [2.45, 2.75) is 58.2 Å². The molecule has 38 heavy (non-hydrogen) atoms. The number of alkyl halides is 3. The third-order valence-electron chi connectivity index (χ3n) is 6.18. The highest BCUT2D eigenvalue weighted by atomic mass is 32.1. The molecule has 3 aromatic rings. The lowest BCUT2D eigenvalue weighted by Crippen LogP contribution is -2.70. The fourth-order valence-corrected chi connectivity index (χ4v) is 5.40. The summed E-state index contributed by atoms with van der Waals surface area (Å²) >= 11 is 1.30. The van der Waals surface area contributed by atoms with Gasteiger partial charge < -0.3 is 23.6 Å². The summed E-state index contributed by atoms with van der Waals surface area (Å²) in [6.45, 7) is 7.70. The van der Waals surface area contributed by atoms with Crippen LogP contribution in [-0.2, 0) is 9.57 Å². The summed E-state index contributed by atoms with van der Waals surface area (Å²) in [5.41, 5.74) is 0.00802. The van der Waals surface area contributed by atoms with E-state index in [4.69, 9.17) is 14.0 Å². The van der Waals surface area contributed by atoms with Crippen molar-refractivity contribution < 1.29 is 36.7 Å². The van der Waals surface area contributed by atoms with E-state index in [2.05, 4.69) is 19.9 Å². The molecule has 3 saturated heterocycles. The summed E-state index contributed by atoms with van der Waals surface area (Å²) in [4.78, 5) is 29.7. The topological polar surface area (TPSA) is 103 Å². The number of thiazole rings is 1. The Labute approximate surface area is 220 Å². The van der Waals surface area contributed by atoms with Gasteiger partial charge in [0.15, 0.2) is 16.8 Å². The summed E-state index contributed by atoms with van der Waals surface area (Å²) in [5, 5.41) is 6.09. The number of ether oxygens (including phenoxy) is 2. The molecule has 14 heteroatoms. The minimum atomic E-state index is -4.99. The first-order chi connectivity index (χ1) is 17.8. The van der Waals surface area contributed by atoms with Crippen molar-refractivity contribution in [3.8, 4) is 16.3 Å². The summed E-state index contributed by atoms with van der Waals surface area (Å²) in [6, 6.07) is 1.35. The van der Waals surface area contributed by atoms with Crippen LogP contribution in [0.1, 0.15) is 39.7 Å². The monoisotopic (exact) mass is 553 g/mol. The molecular formula is C24H26F3N5O5S. The highest BCUT2D eigenvalue weighted by molar-refractivity contribution is 7.13. The van der Waals surface area contributed by atoms with Gasteiger partial charge in [0.05, 0.1) is 23.4 Å². The third kappa shape index (κ3) is 4.96. The molecule has 2 bridgehead atoms. The van der Waals surface area contributed by atoms with Crippen LogP contribution in [0.4, 0.5) is 24.0 Å². The molecule has 0 saturated carbocycles. The molecular weight excluding hydrogens is 527 g/mol. The van der Waals surface area contributed by atoms with Crippen LogP contribution >= 0.6 is 11.3 Å². The summed E-state index contributed by atoms with van der Waals surface area (Å²) in [6.07, 6.45) is -3.00. The third-order valence-corrected chi connectivity index (χ3v) is 6.98. The van der Waals surface area contributed by atoms with Crippen molar-refractivity contribution in [1.29, 1.82) is 0 Å². The second-order valence-electron chi connectivity index (χ2n) is 10.1. The first-order valence-corrected chi connectivity index (χ1v) is 12.7. The highest BCUT2D eigenvalue weighted by Gasteiger charge is 2.50. The average Bonchev–Trinajstić information content (AvgIpc) is 3.48. The molecule has 3 aliphatic rings. The maximum atomic E-state index is 13.5. The number of hydrogen-bond acceptors (Lipinski definition) is 10. The second-order valence-corrected chi connectivity index (χ2v) is 10.9. The fraction of sp³-hybridized carbons (Fsp3) is 0.500. The number of carbonyl (C=O) groups is 1. The summed E-state index contributed by atoms with van der Waals surface area (Å²) in [5.74, 6) is -0.543. The molecule has 5 heterocycles. The van der Waals surface area contributed by atoms with Crippen LogP contribution in [-0.4, -0.2) is 70.9 Å². The Balaban J connectivity index is 1.56. The van der Waals surface area contributed by atoms with Gasteiger partial charge in [-0.05, 0) is 40.2 Å². The van der Waals surface area contributed by atoms with E-state index in [1.54, 1.807) is 37.2 Å². The van der Waals surface area contributed by atoms with Crippen molar-refractivity contribution in [3.05, 3.63) is 23.2 Å². The largest absolute Gasteiger partial charge is 0.573 e. The number of piperidine rings is 1. The van der Waals surface area contributed by atoms with Gasteiger partial charge in [-0.3, -0.25) is 4.90 Å². The number of anilines is 1. The minimum absolute atomic E-state index is 0.0410. The molecule has 0 spiro atoms. The molecule has 2 atom stereocenters. The number of halogens is 3. The normalized spacial score (nSPS) is 19.9. The number of carbonyl (C=O) groups excluding carboxylic acids is 1. The molecule has 3 aliphatic heterocycles. The van der Waals surface area contributed by atoms with E-state index < -0.39 is 17.7 Å². The van der Waals surface area contributed by atoms with Crippen molar-refractivity contribution in [2.75, 3.05) is 25.1 Å². The van der Waals surface area contributed by atoms with E-state index in [-0.39, 0.29) is 46.6 Å². The number of rotatable bonds is 5. The van der Waals surface area contributed by atoms with Crippen molar-refractivity contribution in [1.82, 2.24) is 14.9 Å². The molecule has 0 radical (unpaired) electrons. The highest BCUT2D eigenvalue weighted by Crippen LogP contribution is 2.44. The Bertz CT molecular complexity index is 1370. The Kier molecular flexibility index (Phi) is 6.40. The Morgan fingerprint density at radius 1 is 1.24 bits per heavy atom. The number of benzene rings is 1. The van der Waals surface area contributed by atoms with Gasteiger partial charge in [0.2, 0.25) is 0 Å². The van der Waals surface area contributed by atoms with E-state index in [1.807, 2.05) is 4.90 Å². The van der Waals surface area contributed by atoms with Gasteiger partial charge >= 0.3 is 12.5 Å². The molecule has 0 aliphatic carbocycles. The number of oxazole rings is 1. The number of hydrogen-bond donors (Lipinski definition) is 0. The van der Waals surface area contributed by atoms with Crippen molar-refractivity contribution in [2.24, 2.45) is 5.16 Å². The van der Waals surface area contributed by atoms with Gasteiger partial charge in [-0.1, -0.05) is 5.16 Å². The molecule has 0 N–H and O–H groups in total. The zero-order valence-corrected chi connectivity index (χ0v) is 22.1. The van der Waals surface area contributed by atoms with E-state index in [1.165, 1.54) is 31.4 Å². The van der Waals surface area contributed by atoms with E-state index >= 15 is 0 Å². The molecule has 2 aromatic heterocycles. The summed E-state index contributed by atoms with van der Waals surface area (Å²) in [7, 11) is 1.30. The van der Waals surface area contributed by atoms with E-state index in [0.717, 1.165) is 6.42 Å². The van der Waals surface area contributed by atoms with Crippen LogP contribution in [0.2, 0.25) is 0 Å². The van der Waals surface area contributed by atoms with Crippen molar-refractivity contribution in [3.63, 3.8) is 0 Å². The minimum Gasteiger partial charge on any atom is -0.444 e. The van der Waals surface area contributed by atoms with Gasteiger partial charge in [-0.25, -0.2) is 9.78 Å². The zero-order chi connectivity index (χ0) is 27.4. The van der Waals surface area contributed by atoms with Crippen molar-refractivity contribution >= 4 is 40.3 Å². The molecule has 1 aromatic carbocycles. The number of piperazine rings is 1. The lowest BCUT2D eigenvalue weighted by Gasteiger charge is -2.55. The van der Waals surface area contributed by atoms with Gasteiger partial charge in [-0.2, -0.15) is 4.98 Å². The summed E-state index contributed by atoms with van der Waals surface area (Å²) < 4.78 is 56.6. The number of oxime groups is 1. The number of fused-ring (bicyclic) bond motifs is 3. The standard InChI is InChI=1S/C24H26F3N5O5S/c1-12(30-34-5)15-9-16(20-28-6-7-38-20)18-17(19(15)36-24(25,26)27)29-21(35-18)31-10-13-8-14(11-31)32(13)22(33)37-23(2,3)4/h6-7,9,13-14H,8,10-11H2,1-5H3/b30-12-. The van der Waals surface area contributed by atoms with Gasteiger partial charge in [0, 0.05) is 30.2 Å². The molecule has 204 valence electrons. The SMILES string of the molecule is CO/N=C(/C)c1cc(-c2nccs2)c2oc(N3CC4CC(C3)N4C(=O)OC(C)(C)C)nc2c1OC(F)(F)F. The number of aromatic nitrogens is 2. The van der Waals surface area contributed by atoms with Gasteiger partial charge in [0.25, 0.3) is 6.01 Å². The smallest absolute Gasteiger partial charge is 0.444 e. The first-order valence-electron chi connectivity index (χ1n) is 11.8. The predicted molar refractivity (Wildman–Crippen MR) is 133 cm³/mol. The molecule has 2 unspecified atom stereocenters. The van der Waals surface area contributed by atoms with Gasteiger partial charge in [-0.15, -0.1) is 24.5 Å². The Morgan fingerprint density at radius 2 is 1.95 bits per heavy atom. The van der Waals surface area contributed by atoms with Crippen LogP contribution in [0.25, 0.3) is 21.7 Å². The first kappa shape index (κ1) is 26.1. The van der Waals surface area contributed by atoms with E-state index in [9.17, 15) is 18.0 Å². The predicted octanol–water partition coefficient (Wildman–Crippen LogP) is 5.42. The number of nitrogens with zero attached hydrogens (tertiary/aromatic N) is 5. The van der Waals surface area contributed by atoms with Crippen LogP contribution in [0.3, 0.4) is 0 Å². The maximum Gasteiger partial charge on any atom is 0.573 e. The van der Waals surface area contributed by atoms with Crippen LogP contribution in [0.5, 0.6) is 5.75 Å². The quantitative estimate of drug-likeness (QED) is 0.305. The fourth-order valence-electron chi connectivity index (χ4n) is 4.75. The van der Waals surface area contributed by atoms with Crippen LogP contribution in [0.15, 0.2) is 27.2 Å².